The maximum Gasteiger partial charge on any atom is 0.139 e. The van der Waals surface area contributed by atoms with Crippen molar-refractivity contribution in [3.05, 3.63) is 35.8 Å². The summed E-state index contributed by atoms with van der Waals surface area (Å²) < 4.78 is 2.21. The van der Waals surface area contributed by atoms with Gasteiger partial charge in [-0.2, -0.15) is 0 Å². The molecule has 0 aliphatic carbocycles. The number of piperazine rings is 1. The quantitative estimate of drug-likeness (QED) is 0.867. The minimum absolute atomic E-state index is 0.583. The molecule has 1 N–H and O–H groups in total. The Morgan fingerprint density at radius 3 is 3.22 bits per heavy atom. The summed E-state index contributed by atoms with van der Waals surface area (Å²) >= 11 is 0. The number of aromatic nitrogens is 2. The van der Waals surface area contributed by atoms with Crippen molar-refractivity contribution in [3.63, 3.8) is 0 Å². The number of nitrogens with zero attached hydrogens (tertiary/aromatic N) is 3. The molecule has 0 saturated carbocycles. The fourth-order valence-corrected chi connectivity index (χ4v) is 2.70. The Bertz CT molecular complexity index is 546. The highest BCUT2D eigenvalue weighted by atomic mass is 15.2. The predicted molar refractivity (Wildman–Crippen MR) is 72.7 cm³/mol. The molecule has 1 fully saturated rings. The minimum atomic E-state index is 0.583. The van der Waals surface area contributed by atoms with Gasteiger partial charge >= 0.3 is 0 Å². The summed E-state index contributed by atoms with van der Waals surface area (Å²) in [5, 5.41) is 3.47. The zero-order valence-corrected chi connectivity index (χ0v) is 11.1. The molecule has 2 aromatic rings. The Hall–Kier alpha value is -1.39. The lowest BCUT2D eigenvalue weighted by Crippen LogP contribution is -2.48. The van der Waals surface area contributed by atoms with Gasteiger partial charge in [-0.15, -0.1) is 0 Å². The lowest BCUT2D eigenvalue weighted by molar-refractivity contribution is 0.197. The van der Waals surface area contributed by atoms with Gasteiger partial charge in [0.15, 0.2) is 0 Å². The predicted octanol–water partition coefficient (Wildman–Crippen LogP) is 1.44. The molecule has 0 spiro atoms. The topological polar surface area (TPSA) is 32.6 Å². The van der Waals surface area contributed by atoms with Crippen LogP contribution in [0.3, 0.4) is 0 Å². The average Bonchev–Trinajstić information content (AvgIpc) is 2.74. The number of fused-ring (bicyclic) bond motifs is 1. The molecule has 96 valence electrons. The average molecular weight is 244 g/mol. The van der Waals surface area contributed by atoms with E-state index < -0.39 is 0 Å². The maximum absolute atomic E-state index is 4.52. The zero-order chi connectivity index (χ0) is 12.5. The van der Waals surface area contributed by atoms with E-state index in [1.165, 1.54) is 11.3 Å². The second kappa shape index (κ2) is 4.71. The largest absolute Gasteiger partial charge is 0.312 e. The Labute approximate surface area is 108 Å². The second-order valence-electron chi connectivity index (χ2n) is 5.22. The molecule has 0 amide bonds. The molecule has 3 rings (SSSR count). The third kappa shape index (κ3) is 2.13. The summed E-state index contributed by atoms with van der Waals surface area (Å²) in [6.45, 7) is 8.64. The molecule has 3 heterocycles. The van der Waals surface area contributed by atoms with Crippen molar-refractivity contribution >= 4 is 5.65 Å². The van der Waals surface area contributed by atoms with Crippen LogP contribution in [0.2, 0.25) is 0 Å². The molecule has 1 saturated heterocycles. The Morgan fingerprint density at radius 1 is 1.50 bits per heavy atom. The second-order valence-corrected chi connectivity index (χ2v) is 5.22. The highest BCUT2D eigenvalue weighted by Gasteiger charge is 2.17. The van der Waals surface area contributed by atoms with Crippen LogP contribution in [0.15, 0.2) is 24.5 Å². The molecule has 1 atom stereocenters. The number of rotatable bonds is 2. The minimum Gasteiger partial charge on any atom is -0.312 e. The van der Waals surface area contributed by atoms with E-state index >= 15 is 0 Å². The Balaban J connectivity index is 1.84. The maximum atomic E-state index is 4.52. The van der Waals surface area contributed by atoms with Crippen LogP contribution in [-0.4, -0.2) is 40.0 Å². The monoisotopic (exact) mass is 244 g/mol. The van der Waals surface area contributed by atoms with Crippen molar-refractivity contribution in [3.8, 4) is 0 Å². The molecular formula is C14H20N4. The van der Waals surface area contributed by atoms with E-state index in [1.807, 2.05) is 6.20 Å². The molecule has 4 heteroatoms. The molecule has 0 aromatic carbocycles. The normalized spacial score (nSPS) is 21.6. The lowest BCUT2D eigenvalue weighted by atomic mass is 10.2. The first-order valence-corrected chi connectivity index (χ1v) is 6.61. The van der Waals surface area contributed by atoms with E-state index in [9.17, 15) is 0 Å². The first-order chi connectivity index (χ1) is 8.74. The molecule has 0 bridgehead atoms. The van der Waals surface area contributed by atoms with Crippen LogP contribution in [0.4, 0.5) is 0 Å². The number of nitrogens with one attached hydrogen (secondary N) is 1. The van der Waals surface area contributed by atoms with Gasteiger partial charge in [0.25, 0.3) is 0 Å². The summed E-state index contributed by atoms with van der Waals surface area (Å²) in [7, 11) is 0. The Morgan fingerprint density at radius 2 is 2.39 bits per heavy atom. The van der Waals surface area contributed by atoms with Crippen LogP contribution in [0.25, 0.3) is 5.65 Å². The van der Waals surface area contributed by atoms with Crippen LogP contribution in [0.5, 0.6) is 0 Å². The van der Waals surface area contributed by atoms with Gasteiger partial charge in [-0.25, -0.2) is 4.98 Å². The van der Waals surface area contributed by atoms with Crippen LogP contribution < -0.4 is 5.32 Å². The van der Waals surface area contributed by atoms with E-state index in [-0.39, 0.29) is 0 Å². The molecule has 1 aliphatic heterocycles. The van der Waals surface area contributed by atoms with E-state index in [4.69, 9.17) is 0 Å². The van der Waals surface area contributed by atoms with Gasteiger partial charge in [0, 0.05) is 38.4 Å². The van der Waals surface area contributed by atoms with Gasteiger partial charge < -0.3 is 9.72 Å². The summed E-state index contributed by atoms with van der Waals surface area (Å²) in [6, 6.07) is 4.78. The van der Waals surface area contributed by atoms with Gasteiger partial charge in [0.05, 0.1) is 11.9 Å². The molecule has 0 unspecified atom stereocenters. The standard InChI is InChI=1S/C14H20N4/c1-11-4-3-6-18-13(8-16-14(11)18)10-17-7-5-15-12(2)9-17/h3-4,6,8,12,15H,5,7,9-10H2,1-2H3/t12-/m0/s1. The van der Waals surface area contributed by atoms with Gasteiger partial charge in [-0.3, -0.25) is 4.90 Å². The molecule has 2 aromatic heterocycles. The van der Waals surface area contributed by atoms with Crippen LogP contribution in [0, 0.1) is 6.92 Å². The summed E-state index contributed by atoms with van der Waals surface area (Å²) in [6.07, 6.45) is 4.12. The fraction of sp³-hybridized carbons (Fsp3) is 0.500. The highest BCUT2D eigenvalue weighted by molar-refractivity contribution is 5.48. The fourth-order valence-electron chi connectivity index (χ4n) is 2.70. The number of hydrogen-bond acceptors (Lipinski definition) is 3. The lowest BCUT2D eigenvalue weighted by Gasteiger charge is -2.31. The molecule has 1 aliphatic rings. The number of imidazole rings is 1. The number of hydrogen-bond donors (Lipinski definition) is 1. The van der Waals surface area contributed by atoms with E-state index in [2.05, 4.69) is 51.8 Å². The van der Waals surface area contributed by atoms with Gasteiger partial charge in [0.2, 0.25) is 0 Å². The third-order valence-electron chi connectivity index (χ3n) is 3.65. The van der Waals surface area contributed by atoms with Crippen molar-refractivity contribution in [1.29, 1.82) is 0 Å². The van der Waals surface area contributed by atoms with E-state index in [1.54, 1.807) is 0 Å². The van der Waals surface area contributed by atoms with Crippen molar-refractivity contribution < 1.29 is 0 Å². The number of pyridine rings is 1. The summed E-state index contributed by atoms with van der Waals surface area (Å²) in [4.78, 5) is 7.02. The van der Waals surface area contributed by atoms with Crippen molar-refractivity contribution in [2.75, 3.05) is 19.6 Å². The molecule has 4 nitrogen and oxygen atoms in total. The van der Waals surface area contributed by atoms with E-state index in [0.29, 0.717) is 6.04 Å². The highest BCUT2D eigenvalue weighted by Crippen LogP contribution is 2.13. The zero-order valence-electron chi connectivity index (χ0n) is 11.1. The first-order valence-electron chi connectivity index (χ1n) is 6.61. The molecule has 18 heavy (non-hydrogen) atoms. The smallest absolute Gasteiger partial charge is 0.139 e. The van der Waals surface area contributed by atoms with E-state index in [0.717, 1.165) is 31.8 Å². The molecule has 0 radical (unpaired) electrons. The molecular weight excluding hydrogens is 224 g/mol. The van der Waals surface area contributed by atoms with Crippen LogP contribution >= 0.6 is 0 Å². The SMILES string of the molecule is Cc1cccn2c(CN3CCN[C@@H](C)C3)cnc12. The Kier molecular flexibility index (Phi) is 3.06. The van der Waals surface area contributed by atoms with Crippen LogP contribution in [0.1, 0.15) is 18.2 Å². The third-order valence-corrected chi connectivity index (χ3v) is 3.65. The van der Waals surface area contributed by atoms with Gasteiger partial charge in [-0.05, 0) is 25.5 Å². The van der Waals surface area contributed by atoms with Crippen LogP contribution in [-0.2, 0) is 6.54 Å². The van der Waals surface area contributed by atoms with Crippen molar-refractivity contribution in [1.82, 2.24) is 19.6 Å². The van der Waals surface area contributed by atoms with Crippen molar-refractivity contribution in [2.24, 2.45) is 0 Å². The number of aryl methyl sites for hydroxylation is 1. The van der Waals surface area contributed by atoms with Crippen molar-refractivity contribution in [2.45, 2.75) is 26.4 Å². The summed E-state index contributed by atoms with van der Waals surface area (Å²) in [5.41, 5.74) is 3.59. The summed E-state index contributed by atoms with van der Waals surface area (Å²) in [5.74, 6) is 0. The van der Waals surface area contributed by atoms with Gasteiger partial charge in [-0.1, -0.05) is 6.07 Å². The van der Waals surface area contributed by atoms with Gasteiger partial charge in [0.1, 0.15) is 5.65 Å². The first kappa shape index (κ1) is 11.7.